The van der Waals surface area contributed by atoms with E-state index in [-0.39, 0.29) is 5.75 Å². The summed E-state index contributed by atoms with van der Waals surface area (Å²) < 4.78 is 37.7. The summed E-state index contributed by atoms with van der Waals surface area (Å²) in [5, 5.41) is 0. The van der Waals surface area contributed by atoms with E-state index in [1.165, 1.54) is 14.2 Å². The van der Waals surface area contributed by atoms with Crippen molar-refractivity contribution in [3.05, 3.63) is 23.3 Å². The standard InChI is InChI=1S/C11H15ClO5S/c1-15-6-8-4-5-9(7-18(12,13)14)11(17-3)10(8)16-2/h4-5H,6-7H2,1-3H3. The Morgan fingerprint density at radius 2 is 1.56 bits per heavy atom. The van der Waals surface area contributed by atoms with E-state index in [0.717, 1.165) is 5.56 Å². The molecule has 0 bridgehead atoms. The molecule has 0 aromatic heterocycles. The summed E-state index contributed by atoms with van der Waals surface area (Å²) in [6, 6.07) is 3.36. The fraction of sp³-hybridized carbons (Fsp3) is 0.455. The summed E-state index contributed by atoms with van der Waals surface area (Å²) >= 11 is 0. The molecule has 1 rings (SSSR count). The molecule has 0 aliphatic carbocycles. The Labute approximate surface area is 111 Å². The lowest BCUT2D eigenvalue weighted by atomic mass is 10.1. The SMILES string of the molecule is COCc1ccc(CS(=O)(=O)Cl)c(OC)c1OC. The minimum absolute atomic E-state index is 0.318. The number of methoxy groups -OCH3 is 3. The van der Waals surface area contributed by atoms with E-state index in [4.69, 9.17) is 24.9 Å². The van der Waals surface area contributed by atoms with Crippen molar-refractivity contribution in [2.24, 2.45) is 0 Å². The summed E-state index contributed by atoms with van der Waals surface area (Å²) in [5.41, 5.74) is 1.22. The number of hydrogen-bond acceptors (Lipinski definition) is 5. The van der Waals surface area contributed by atoms with Crippen LogP contribution in [0.5, 0.6) is 11.5 Å². The van der Waals surface area contributed by atoms with Gasteiger partial charge in [0.15, 0.2) is 11.5 Å². The second-order valence-corrected chi connectivity index (χ2v) is 6.34. The quantitative estimate of drug-likeness (QED) is 0.750. The van der Waals surface area contributed by atoms with Crippen LogP contribution in [0.1, 0.15) is 11.1 Å². The zero-order valence-corrected chi connectivity index (χ0v) is 12.0. The van der Waals surface area contributed by atoms with Gasteiger partial charge in [-0.2, -0.15) is 0 Å². The molecule has 0 aliphatic rings. The van der Waals surface area contributed by atoms with Crippen molar-refractivity contribution < 1.29 is 22.6 Å². The topological polar surface area (TPSA) is 61.8 Å². The van der Waals surface area contributed by atoms with E-state index < -0.39 is 9.05 Å². The van der Waals surface area contributed by atoms with Crippen LogP contribution in [-0.2, 0) is 26.1 Å². The maximum Gasteiger partial charge on any atom is 0.236 e. The molecule has 1 aromatic rings. The van der Waals surface area contributed by atoms with Gasteiger partial charge in [-0.3, -0.25) is 0 Å². The predicted octanol–water partition coefficient (Wildman–Crippen LogP) is 1.92. The van der Waals surface area contributed by atoms with Gasteiger partial charge in [-0.15, -0.1) is 0 Å². The molecule has 102 valence electrons. The second kappa shape index (κ2) is 6.26. The van der Waals surface area contributed by atoms with Gasteiger partial charge >= 0.3 is 0 Å². The third-order valence-electron chi connectivity index (χ3n) is 2.31. The Morgan fingerprint density at radius 3 is 2.00 bits per heavy atom. The first-order valence-electron chi connectivity index (χ1n) is 5.07. The zero-order valence-electron chi connectivity index (χ0n) is 10.4. The van der Waals surface area contributed by atoms with Crippen molar-refractivity contribution in [3.63, 3.8) is 0 Å². The summed E-state index contributed by atoms with van der Waals surface area (Å²) in [6.45, 7) is 0.341. The minimum atomic E-state index is -3.65. The van der Waals surface area contributed by atoms with Gasteiger partial charge in [0, 0.05) is 28.9 Å². The summed E-state index contributed by atoms with van der Waals surface area (Å²) in [6.07, 6.45) is 0. The molecule has 0 saturated carbocycles. The number of rotatable bonds is 6. The van der Waals surface area contributed by atoms with Crippen molar-refractivity contribution in [2.45, 2.75) is 12.4 Å². The van der Waals surface area contributed by atoms with Crippen LogP contribution < -0.4 is 9.47 Å². The van der Waals surface area contributed by atoms with E-state index in [2.05, 4.69) is 0 Å². The third-order valence-corrected chi connectivity index (χ3v) is 3.29. The summed E-state index contributed by atoms with van der Waals surface area (Å²) in [7, 11) is 6.07. The lowest BCUT2D eigenvalue weighted by Crippen LogP contribution is -2.03. The van der Waals surface area contributed by atoms with Gasteiger partial charge in [0.1, 0.15) is 0 Å². The van der Waals surface area contributed by atoms with Crippen molar-refractivity contribution in [3.8, 4) is 11.5 Å². The molecule has 18 heavy (non-hydrogen) atoms. The first-order valence-corrected chi connectivity index (χ1v) is 7.54. The van der Waals surface area contributed by atoms with Crippen molar-refractivity contribution in [1.29, 1.82) is 0 Å². The smallest absolute Gasteiger partial charge is 0.236 e. The first kappa shape index (κ1) is 15.1. The highest BCUT2D eigenvalue weighted by Gasteiger charge is 2.18. The number of halogens is 1. The highest BCUT2D eigenvalue weighted by atomic mass is 35.7. The van der Waals surface area contributed by atoms with E-state index in [1.807, 2.05) is 0 Å². The van der Waals surface area contributed by atoms with Gasteiger partial charge < -0.3 is 14.2 Å². The van der Waals surface area contributed by atoms with Crippen molar-refractivity contribution in [2.75, 3.05) is 21.3 Å². The Hall–Kier alpha value is -0.980. The van der Waals surface area contributed by atoms with Gasteiger partial charge in [0.2, 0.25) is 9.05 Å². The molecule has 0 aliphatic heterocycles. The molecule has 0 heterocycles. The predicted molar refractivity (Wildman–Crippen MR) is 68.7 cm³/mol. The van der Waals surface area contributed by atoms with Gasteiger partial charge in [-0.1, -0.05) is 12.1 Å². The molecule has 0 amide bonds. The third kappa shape index (κ3) is 3.76. The number of hydrogen-bond donors (Lipinski definition) is 0. The summed E-state index contributed by atoms with van der Waals surface area (Å²) in [4.78, 5) is 0. The molecule has 0 unspecified atom stereocenters. The molecule has 5 nitrogen and oxygen atoms in total. The molecular weight excluding hydrogens is 280 g/mol. The Morgan fingerprint density at radius 1 is 1.06 bits per heavy atom. The lowest BCUT2D eigenvalue weighted by molar-refractivity contribution is 0.181. The maximum absolute atomic E-state index is 11.1. The number of benzene rings is 1. The Balaban J connectivity index is 3.29. The lowest BCUT2D eigenvalue weighted by Gasteiger charge is -2.15. The fourth-order valence-electron chi connectivity index (χ4n) is 1.66. The molecular formula is C11H15ClO5S. The van der Waals surface area contributed by atoms with Crippen LogP contribution in [0.4, 0.5) is 0 Å². The van der Waals surface area contributed by atoms with Crippen molar-refractivity contribution in [1.82, 2.24) is 0 Å². The average Bonchev–Trinajstić information content (AvgIpc) is 2.28. The van der Waals surface area contributed by atoms with Crippen LogP contribution in [0.3, 0.4) is 0 Å². The molecule has 0 atom stereocenters. The highest BCUT2D eigenvalue weighted by Crippen LogP contribution is 2.36. The Kier molecular flexibility index (Phi) is 5.25. The molecule has 0 saturated heterocycles. The maximum atomic E-state index is 11.1. The first-order chi connectivity index (χ1) is 8.42. The molecule has 0 fully saturated rings. The zero-order chi connectivity index (χ0) is 13.8. The van der Waals surface area contributed by atoms with Crippen molar-refractivity contribution >= 4 is 19.7 Å². The molecule has 0 spiro atoms. The van der Waals surface area contributed by atoms with E-state index in [1.54, 1.807) is 19.2 Å². The van der Waals surface area contributed by atoms with Gasteiger partial charge in [0.05, 0.1) is 26.6 Å². The van der Waals surface area contributed by atoms with Crippen LogP contribution in [-0.4, -0.2) is 29.7 Å². The molecule has 0 N–H and O–H groups in total. The normalized spacial score (nSPS) is 11.3. The second-order valence-electron chi connectivity index (χ2n) is 3.57. The minimum Gasteiger partial charge on any atom is -0.493 e. The largest absolute Gasteiger partial charge is 0.493 e. The van der Waals surface area contributed by atoms with Crippen LogP contribution in [0.25, 0.3) is 0 Å². The van der Waals surface area contributed by atoms with E-state index in [9.17, 15) is 8.42 Å². The van der Waals surface area contributed by atoms with E-state index >= 15 is 0 Å². The van der Waals surface area contributed by atoms with Crippen LogP contribution in [0.15, 0.2) is 12.1 Å². The van der Waals surface area contributed by atoms with Gasteiger partial charge in [0.25, 0.3) is 0 Å². The molecule has 0 radical (unpaired) electrons. The highest BCUT2D eigenvalue weighted by molar-refractivity contribution is 8.13. The van der Waals surface area contributed by atoms with Crippen LogP contribution >= 0.6 is 10.7 Å². The van der Waals surface area contributed by atoms with Crippen LogP contribution in [0.2, 0.25) is 0 Å². The summed E-state index contributed by atoms with van der Waals surface area (Å²) in [5.74, 6) is 0.495. The molecule has 7 heteroatoms. The Bertz CT molecular complexity index is 512. The van der Waals surface area contributed by atoms with Gasteiger partial charge in [-0.05, 0) is 0 Å². The average molecular weight is 295 g/mol. The number of ether oxygens (including phenoxy) is 3. The van der Waals surface area contributed by atoms with Gasteiger partial charge in [-0.25, -0.2) is 8.42 Å². The molecule has 1 aromatic carbocycles. The monoisotopic (exact) mass is 294 g/mol. The van der Waals surface area contributed by atoms with E-state index in [0.29, 0.717) is 23.7 Å². The van der Waals surface area contributed by atoms with Crippen LogP contribution in [0, 0.1) is 0 Å². The fourth-order valence-corrected chi connectivity index (χ4v) is 2.61.